The van der Waals surface area contributed by atoms with Gasteiger partial charge >= 0.3 is 0 Å². The Morgan fingerprint density at radius 2 is 1.26 bits per heavy atom. The van der Waals surface area contributed by atoms with Crippen LogP contribution < -0.4 is 4.74 Å². The molecule has 2 N–H and O–H groups in total. The molecule has 0 unspecified atom stereocenters. The maximum Gasteiger partial charge on any atom is 0.119 e. The minimum absolute atomic E-state index is 0.219. The van der Waals surface area contributed by atoms with Crippen LogP contribution in [0.25, 0.3) is 11.1 Å². The zero-order chi connectivity index (χ0) is 22.2. The molecule has 3 aromatic rings. The number of rotatable bonds is 9. The Bertz CT molecular complexity index is 994. The summed E-state index contributed by atoms with van der Waals surface area (Å²) in [6.07, 6.45) is 0.656. The Kier molecular flexibility index (Phi) is 7.99. The third kappa shape index (κ3) is 6.27. The van der Waals surface area contributed by atoms with Gasteiger partial charge in [0, 0.05) is 12.4 Å². The number of hydrogen-bond acceptors (Lipinski definition) is 4. The Balaban J connectivity index is 2.06. The lowest BCUT2D eigenvalue weighted by atomic mass is 9.88. The predicted molar refractivity (Wildman–Crippen MR) is 128 cm³/mol. The summed E-state index contributed by atoms with van der Waals surface area (Å²) >= 11 is 6.18. The van der Waals surface area contributed by atoms with Gasteiger partial charge in [-0.3, -0.25) is 0 Å². The second-order valence-electron chi connectivity index (χ2n) is 7.56. The fraction of sp³-hybridized carbons (Fsp3) is 0.231. The largest absolute Gasteiger partial charge is 0.508 e. The molecule has 3 rings (SSSR count). The summed E-state index contributed by atoms with van der Waals surface area (Å²) in [5.41, 5.74) is 5.10. The summed E-state index contributed by atoms with van der Waals surface area (Å²) in [4.78, 5) is 2.08. The number of phenols is 2. The maximum atomic E-state index is 9.77. The number of nitrogens with zero attached hydrogens (tertiary/aromatic N) is 1. The average Bonchev–Trinajstić information content (AvgIpc) is 2.76. The van der Waals surface area contributed by atoms with E-state index in [2.05, 4.69) is 4.90 Å². The molecule has 31 heavy (non-hydrogen) atoms. The van der Waals surface area contributed by atoms with Crippen molar-refractivity contribution in [1.29, 1.82) is 0 Å². The highest BCUT2D eigenvalue weighted by Gasteiger charge is 2.14. The van der Waals surface area contributed by atoms with Crippen LogP contribution in [-0.2, 0) is 0 Å². The van der Waals surface area contributed by atoms with Crippen LogP contribution >= 0.6 is 11.6 Å². The monoisotopic (exact) mass is 437 g/mol. The van der Waals surface area contributed by atoms with Crippen molar-refractivity contribution >= 4 is 22.7 Å². The minimum atomic E-state index is 0.219. The first-order chi connectivity index (χ1) is 15.0. The highest BCUT2D eigenvalue weighted by Crippen LogP contribution is 2.36. The average molecular weight is 438 g/mol. The van der Waals surface area contributed by atoms with Crippen LogP contribution in [0.3, 0.4) is 0 Å². The fourth-order valence-electron chi connectivity index (χ4n) is 3.38. The van der Waals surface area contributed by atoms with E-state index in [1.54, 1.807) is 24.3 Å². The number of ether oxygens (including phenoxy) is 1. The molecular weight excluding hydrogens is 410 g/mol. The third-order valence-corrected chi connectivity index (χ3v) is 5.16. The Hall–Kier alpha value is -2.95. The number of phenolic OH excluding ortho intramolecular Hbond substituents is 2. The molecule has 0 bridgehead atoms. The molecule has 0 saturated carbocycles. The van der Waals surface area contributed by atoms with Crippen molar-refractivity contribution in [3.05, 3.63) is 89.5 Å². The van der Waals surface area contributed by atoms with E-state index in [9.17, 15) is 10.2 Å². The van der Waals surface area contributed by atoms with E-state index in [1.807, 2.05) is 62.6 Å². The van der Waals surface area contributed by atoms with Crippen molar-refractivity contribution in [3.8, 4) is 17.2 Å². The molecule has 0 heterocycles. The zero-order valence-corrected chi connectivity index (χ0v) is 18.6. The van der Waals surface area contributed by atoms with Crippen molar-refractivity contribution in [3.63, 3.8) is 0 Å². The van der Waals surface area contributed by atoms with Crippen molar-refractivity contribution in [1.82, 2.24) is 4.90 Å². The molecule has 0 aliphatic carbocycles. The van der Waals surface area contributed by atoms with E-state index in [-0.39, 0.29) is 11.5 Å². The quantitative estimate of drug-likeness (QED) is 0.336. The van der Waals surface area contributed by atoms with Gasteiger partial charge in [0.1, 0.15) is 23.9 Å². The number of likely N-dealkylation sites (N-methyl/N-ethyl adjacent to an activating group) is 1. The molecule has 3 aromatic carbocycles. The maximum absolute atomic E-state index is 9.77. The van der Waals surface area contributed by atoms with Crippen LogP contribution in [0.5, 0.6) is 17.2 Å². The third-order valence-electron chi connectivity index (χ3n) is 4.97. The molecule has 162 valence electrons. The number of benzene rings is 3. The molecule has 0 fully saturated rings. The standard InChI is InChI=1S/C26H28ClNO3/c1-28(2)17-18-31-24-13-7-21(8-14-24)26(20-5-11-23(30)12-6-20)25(15-16-27)19-3-9-22(29)10-4-19/h3-14,29-30H,15-18H2,1-2H3/b26-25+. The SMILES string of the molecule is CN(C)CCOc1ccc(/C(=C(\CCCl)c2ccc(O)cc2)c2ccc(O)cc2)cc1. The van der Waals surface area contributed by atoms with E-state index < -0.39 is 0 Å². The normalized spacial score (nSPS) is 12.0. The highest BCUT2D eigenvalue weighted by molar-refractivity contribution is 6.18. The fourth-order valence-corrected chi connectivity index (χ4v) is 3.57. The second-order valence-corrected chi connectivity index (χ2v) is 7.94. The first-order valence-electron chi connectivity index (χ1n) is 10.2. The Morgan fingerprint density at radius 1 is 0.774 bits per heavy atom. The minimum Gasteiger partial charge on any atom is -0.508 e. The number of aromatic hydroxyl groups is 2. The summed E-state index contributed by atoms with van der Waals surface area (Å²) in [7, 11) is 4.03. The van der Waals surface area contributed by atoms with E-state index in [0.717, 1.165) is 40.1 Å². The van der Waals surface area contributed by atoms with Gasteiger partial charge in [0.15, 0.2) is 0 Å². The number of allylic oxidation sites excluding steroid dienone is 1. The van der Waals surface area contributed by atoms with Gasteiger partial charge in [-0.05, 0) is 84.8 Å². The molecule has 0 aromatic heterocycles. The molecule has 4 nitrogen and oxygen atoms in total. The van der Waals surface area contributed by atoms with E-state index >= 15 is 0 Å². The van der Waals surface area contributed by atoms with Gasteiger partial charge in [-0.2, -0.15) is 0 Å². The molecule has 0 radical (unpaired) electrons. The smallest absolute Gasteiger partial charge is 0.119 e. The highest BCUT2D eigenvalue weighted by atomic mass is 35.5. The van der Waals surface area contributed by atoms with Crippen molar-refractivity contribution in [2.75, 3.05) is 33.1 Å². The molecule has 0 aliphatic rings. The van der Waals surface area contributed by atoms with Crippen LogP contribution in [-0.4, -0.2) is 48.2 Å². The predicted octanol–water partition coefficient (Wildman–Crippen LogP) is 5.63. The Labute approximate surface area is 189 Å². The van der Waals surface area contributed by atoms with Gasteiger partial charge in [-0.1, -0.05) is 36.4 Å². The molecule has 0 aliphatic heterocycles. The summed E-state index contributed by atoms with van der Waals surface area (Å²) in [6.45, 7) is 1.47. The lowest BCUT2D eigenvalue weighted by Crippen LogP contribution is -2.19. The number of halogens is 1. The van der Waals surface area contributed by atoms with Gasteiger partial charge in [0.2, 0.25) is 0 Å². The summed E-state index contributed by atoms with van der Waals surface area (Å²) < 4.78 is 5.84. The lowest BCUT2D eigenvalue weighted by molar-refractivity contribution is 0.261. The van der Waals surface area contributed by atoms with Gasteiger partial charge in [-0.25, -0.2) is 0 Å². The van der Waals surface area contributed by atoms with Crippen LogP contribution in [0.1, 0.15) is 23.1 Å². The van der Waals surface area contributed by atoms with Crippen molar-refractivity contribution in [2.45, 2.75) is 6.42 Å². The van der Waals surface area contributed by atoms with Crippen molar-refractivity contribution in [2.24, 2.45) is 0 Å². The van der Waals surface area contributed by atoms with Crippen LogP contribution in [0.15, 0.2) is 72.8 Å². The number of alkyl halides is 1. The zero-order valence-electron chi connectivity index (χ0n) is 17.9. The summed E-state index contributed by atoms with van der Waals surface area (Å²) in [6, 6.07) is 22.4. The van der Waals surface area contributed by atoms with Crippen LogP contribution in [0, 0.1) is 0 Å². The molecule has 0 amide bonds. The van der Waals surface area contributed by atoms with E-state index in [0.29, 0.717) is 18.9 Å². The molecule has 5 heteroatoms. The van der Waals surface area contributed by atoms with Crippen LogP contribution in [0.2, 0.25) is 0 Å². The first kappa shape index (κ1) is 22.7. The topological polar surface area (TPSA) is 52.9 Å². The van der Waals surface area contributed by atoms with Gasteiger partial charge in [0.25, 0.3) is 0 Å². The lowest BCUT2D eigenvalue weighted by Gasteiger charge is -2.18. The summed E-state index contributed by atoms with van der Waals surface area (Å²) in [5, 5.41) is 19.5. The molecular formula is C26H28ClNO3. The Morgan fingerprint density at radius 3 is 1.74 bits per heavy atom. The van der Waals surface area contributed by atoms with E-state index in [4.69, 9.17) is 16.3 Å². The van der Waals surface area contributed by atoms with Gasteiger partial charge in [-0.15, -0.1) is 11.6 Å². The van der Waals surface area contributed by atoms with Crippen molar-refractivity contribution < 1.29 is 14.9 Å². The van der Waals surface area contributed by atoms with Gasteiger partial charge < -0.3 is 19.8 Å². The van der Waals surface area contributed by atoms with E-state index in [1.165, 1.54) is 0 Å². The second kappa shape index (κ2) is 10.9. The molecule has 0 spiro atoms. The molecule has 0 atom stereocenters. The number of hydrogen-bond donors (Lipinski definition) is 2. The van der Waals surface area contributed by atoms with Crippen LogP contribution in [0.4, 0.5) is 0 Å². The molecule has 0 saturated heterocycles. The first-order valence-corrected chi connectivity index (χ1v) is 10.8. The van der Waals surface area contributed by atoms with Gasteiger partial charge in [0.05, 0.1) is 0 Å². The summed E-state index contributed by atoms with van der Waals surface area (Å²) in [5.74, 6) is 1.72.